The number of allylic oxidation sites excluding steroid dienone is 2. The van der Waals surface area contributed by atoms with E-state index in [1.165, 1.54) is 49.7 Å². The summed E-state index contributed by atoms with van der Waals surface area (Å²) < 4.78 is 5.21. The Morgan fingerprint density at radius 3 is 2.28 bits per heavy atom. The van der Waals surface area contributed by atoms with Crippen LogP contribution in [0.15, 0.2) is 30.3 Å². The van der Waals surface area contributed by atoms with Crippen LogP contribution < -0.4 is 4.74 Å². The number of rotatable bonds is 8. The van der Waals surface area contributed by atoms with Crippen LogP contribution in [0.5, 0.6) is 5.75 Å². The number of benzene rings is 1. The summed E-state index contributed by atoms with van der Waals surface area (Å²) in [6.45, 7) is 4.49. The van der Waals surface area contributed by atoms with Gasteiger partial charge < -0.3 is 4.74 Å². The molecule has 0 saturated carbocycles. The molecule has 0 spiro atoms. The summed E-state index contributed by atoms with van der Waals surface area (Å²) in [5.41, 5.74) is 2.84. The third-order valence-electron chi connectivity index (χ3n) is 3.21. The number of unbranched alkanes of at least 4 members (excludes halogenated alkanes) is 3. The molecule has 0 aliphatic rings. The quantitative estimate of drug-likeness (QED) is 0.553. The molecule has 0 aliphatic carbocycles. The summed E-state index contributed by atoms with van der Waals surface area (Å²) >= 11 is 0. The van der Waals surface area contributed by atoms with E-state index in [-0.39, 0.29) is 0 Å². The Labute approximate surface area is 112 Å². The van der Waals surface area contributed by atoms with Crippen LogP contribution in [0.2, 0.25) is 0 Å². The molecule has 0 fully saturated rings. The van der Waals surface area contributed by atoms with Gasteiger partial charge in [0.15, 0.2) is 0 Å². The van der Waals surface area contributed by atoms with Crippen LogP contribution in [0.25, 0.3) is 5.57 Å². The molecule has 0 saturated heterocycles. The van der Waals surface area contributed by atoms with Gasteiger partial charge in [-0.1, -0.05) is 51.3 Å². The van der Waals surface area contributed by atoms with Gasteiger partial charge in [-0.25, -0.2) is 0 Å². The summed E-state index contributed by atoms with van der Waals surface area (Å²) in [5.74, 6) is 0.933. The second kappa shape index (κ2) is 8.79. The lowest BCUT2D eigenvalue weighted by molar-refractivity contribution is 0.415. The summed E-state index contributed by atoms with van der Waals surface area (Å²) in [6, 6.07) is 8.45. The first-order chi connectivity index (χ1) is 8.81. The smallest absolute Gasteiger partial charge is 0.118 e. The van der Waals surface area contributed by atoms with E-state index < -0.39 is 0 Å². The fourth-order valence-corrected chi connectivity index (χ4v) is 2.02. The van der Waals surface area contributed by atoms with Gasteiger partial charge in [-0.3, -0.25) is 0 Å². The van der Waals surface area contributed by atoms with Gasteiger partial charge in [0.25, 0.3) is 0 Å². The van der Waals surface area contributed by atoms with Crippen molar-refractivity contribution in [1.29, 1.82) is 0 Å². The summed E-state index contributed by atoms with van der Waals surface area (Å²) in [5, 5.41) is 0. The molecule has 0 N–H and O–H groups in total. The third kappa shape index (κ3) is 4.95. The Bertz CT molecular complexity index is 348. The molecule has 1 aromatic carbocycles. The molecule has 1 heteroatoms. The highest BCUT2D eigenvalue weighted by Crippen LogP contribution is 2.24. The molecular weight excluding hydrogens is 220 g/mol. The maximum atomic E-state index is 5.21. The molecule has 18 heavy (non-hydrogen) atoms. The van der Waals surface area contributed by atoms with E-state index in [0.29, 0.717) is 0 Å². The van der Waals surface area contributed by atoms with Crippen molar-refractivity contribution in [2.75, 3.05) is 7.11 Å². The maximum absolute atomic E-state index is 5.21. The van der Waals surface area contributed by atoms with Crippen molar-refractivity contribution in [1.82, 2.24) is 0 Å². The fourth-order valence-electron chi connectivity index (χ4n) is 2.02. The zero-order chi connectivity index (χ0) is 13.2. The van der Waals surface area contributed by atoms with E-state index in [9.17, 15) is 0 Å². The van der Waals surface area contributed by atoms with Crippen LogP contribution in [0, 0.1) is 0 Å². The van der Waals surface area contributed by atoms with Crippen molar-refractivity contribution in [2.45, 2.75) is 52.4 Å². The second-order valence-corrected chi connectivity index (χ2v) is 4.70. The largest absolute Gasteiger partial charge is 0.497 e. The van der Waals surface area contributed by atoms with E-state index in [2.05, 4.69) is 44.2 Å². The molecule has 1 rings (SSSR count). The molecule has 0 aromatic heterocycles. The highest BCUT2D eigenvalue weighted by atomic mass is 16.5. The Hall–Kier alpha value is -1.24. The molecule has 0 unspecified atom stereocenters. The van der Waals surface area contributed by atoms with Gasteiger partial charge in [0.1, 0.15) is 5.75 Å². The van der Waals surface area contributed by atoms with Gasteiger partial charge in [-0.2, -0.15) is 0 Å². The van der Waals surface area contributed by atoms with Gasteiger partial charge in [-0.05, 0) is 42.5 Å². The van der Waals surface area contributed by atoms with Crippen molar-refractivity contribution in [3.8, 4) is 5.75 Å². The van der Waals surface area contributed by atoms with Crippen molar-refractivity contribution in [2.24, 2.45) is 0 Å². The summed E-state index contributed by atoms with van der Waals surface area (Å²) in [4.78, 5) is 0. The molecule has 100 valence electrons. The zero-order valence-corrected chi connectivity index (χ0v) is 12.0. The van der Waals surface area contributed by atoms with Crippen LogP contribution in [-0.2, 0) is 0 Å². The highest BCUT2D eigenvalue weighted by Gasteiger charge is 2.01. The van der Waals surface area contributed by atoms with Crippen LogP contribution >= 0.6 is 0 Å². The lowest BCUT2D eigenvalue weighted by Crippen LogP contribution is -1.88. The highest BCUT2D eigenvalue weighted by molar-refractivity contribution is 5.66. The Morgan fingerprint density at radius 1 is 1.06 bits per heavy atom. The average molecular weight is 246 g/mol. The Balaban J connectivity index is 2.76. The lowest BCUT2D eigenvalue weighted by Gasteiger charge is -2.09. The van der Waals surface area contributed by atoms with Gasteiger partial charge in [-0.15, -0.1) is 0 Å². The van der Waals surface area contributed by atoms with E-state index in [0.717, 1.165) is 5.75 Å². The van der Waals surface area contributed by atoms with Crippen LogP contribution in [0.4, 0.5) is 0 Å². The minimum absolute atomic E-state index is 0.933. The van der Waals surface area contributed by atoms with Crippen molar-refractivity contribution in [3.05, 3.63) is 35.9 Å². The minimum atomic E-state index is 0.933. The van der Waals surface area contributed by atoms with Crippen LogP contribution in [0.1, 0.15) is 57.9 Å². The van der Waals surface area contributed by atoms with Gasteiger partial charge >= 0.3 is 0 Å². The lowest BCUT2D eigenvalue weighted by atomic mass is 9.98. The van der Waals surface area contributed by atoms with E-state index >= 15 is 0 Å². The SMILES string of the molecule is CCCC/C=C(\CCCC)c1ccc(OC)cc1. The van der Waals surface area contributed by atoms with Gasteiger partial charge in [0.2, 0.25) is 0 Å². The van der Waals surface area contributed by atoms with Crippen LogP contribution in [0.3, 0.4) is 0 Å². The topological polar surface area (TPSA) is 9.23 Å². The van der Waals surface area contributed by atoms with Crippen molar-refractivity contribution < 1.29 is 4.74 Å². The standard InChI is InChI=1S/C17H26O/c1-4-6-8-10-15(9-7-5-2)16-11-13-17(18-3)14-12-16/h10-14H,4-9H2,1-3H3/b15-10+. The Morgan fingerprint density at radius 2 is 1.72 bits per heavy atom. The zero-order valence-electron chi connectivity index (χ0n) is 12.0. The number of methoxy groups -OCH3 is 1. The average Bonchev–Trinajstić information content (AvgIpc) is 2.43. The third-order valence-corrected chi connectivity index (χ3v) is 3.21. The van der Waals surface area contributed by atoms with Crippen LogP contribution in [-0.4, -0.2) is 7.11 Å². The normalized spacial score (nSPS) is 11.6. The molecule has 1 nitrogen and oxygen atoms in total. The monoisotopic (exact) mass is 246 g/mol. The molecule has 0 radical (unpaired) electrons. The minimum Gasteiger partial charge on any atom is -0.497 e. The molecule has 1 aromatic rings. The molecule has 0 atom stereocenters. The summed E-state index contributed by atoms with van der Waals surface area (Å²) in [6.07, 6.45) is 9.87. The number of ether oxygens (including phenoxy) is 1. The number of hydrogen-bond donors (Lipinski definition) is 0. The van der Waals surface area contributed by atoms with E-state index in [1.807, 2.05) is 0 Å². The predicted molar refractivity (Wildman–Crippen MR) is 80.0 cm³/mol. The first kappa shape index (κ1) is 14.8. The molecular formula is C17H26O. The molecule has 0 amide bonds. The first-order valence-corrected chi connectivity index (χ1v) is 7.15. The summed E-state index contributed by atoms with van der Waals surface area (Å²) in [7, 11) is 1.71. The van der Waals surface area contributed by atoms with Crippen molar-refractivity contribution in [3.63, 3.8) is 0 Å². The fraction of sp³-hybridized carbons (Fsp3) is 0.529. The number of hydrogen-bond acceptors (Lipinski definition) is 1. The first-order valence-electron chi connectivity index (χ1n) is 7.15. The molecule has 0 heterocycles. The second-order valence-electron chi connectivity index (χ2n) is 4.70. The molecule has 0 bridgehead atoms. The molecule has 0 aliphatic heterocycles. The van der Waals surface area contributed by atoms with Gasteiger partial charge in [0.05, 0.1) is 7.11 Å². The predicted octanol–water partition coefficient (Wildman–Crippen LogP) is 5.46. The van der Waals surface area contributed by atoms with E-state index in [1.54, 1.807) is 7.11 Å². The Kier molecular flexibility index (Phi) is 7.24. The van der Waals surface area contributed by atoms with Gasteiger partial charge in [0, 0.05) is 0 Å². The maximum Gasteiger partial charge on any atom is 0.118 e. The van der Waals surface area contributed by atoms with E-state index in [4.69, 9.17) is 4.74 Å². The van der Waals surface area contributed by atoms with Crippen molar-refractivity contribution >= 4 is 5.57 Å².